The fourth-order valence-electron chi connectivity index (χ4n) is 2.57. The van der Waals surface area contributed by atoms with Crippen molar-refractivity contribution in [1.82, 2.24) is 4.90 Å². The zero-order valence-electron chi connectivity index (χ0n) is 11.9. The molecule has 1 saturated heterocycles. The van der Waals surface area contributed by atoms with Crippen molar-refractivity contribution in [2.75, 3.05) is 13.1 Å². The van der Waals surface area contributed by atoms with Crippen molar-refractivity contribution in [2.45, 2.75) is 31.6 Å². The number of nitrogens with zero attached hydrogens (tertiary/aromatic N) is 1. The lowest BCUT2D eigenvalue weighted by Gasteiger charge is -2.17. The number of carbonyl (C=O) groups is 1. The molecule has 0 radical (unpaired) electrons. The number of amides is 1. The van der Waals surface area contributed by atoms with Gasteiger partial charge in [0.15, 0.2) is 0 Å². The van der Waals surface area contributed by atoms with Gasteiger partial charge in [-0.15, -0.1) is 0 Å². The van der Waals surface area contributed by atoms with Crippen molar-refractivity contribution >= 4 is 41.6 Å². The third kappa shape index (κ3) is 3.60. The molecule has 1 amide bonds. The first-order valence-corrected chi connectivity index (χ1v) is 9.88. The highest BCUT2D eigenvalue weighted by atomic mass is 79.9. The Labute approximate surface area is 138 Å². The summed E-state index contributed by atoms with van der Waals surface area (Å²) in [6.07, 6.45) is 2.04. The Morgan fingerprint density at radius 2 is 2.14 bits per heavy atom. The lowest BCUT2D eigenvalue weighted by atomic mass is 10.1. The van der Waals surface area contributed by atoms with Crippen LogP contribution in [0.15, 0.2) is 21.5 Å². The van der Waals surface area contributed by atoms with Crippen LogP contribution >= 0.6 is 26.6 Å². The van der Waals surface area contributed by atoms with Crippen molar-refractivity contribution < 1.29 is 13.2 Å². The first-order chi connectivity index (χ1) is 9.74. The number of rotatable bonds is 3. The number of hydrogen-bond acceptors (Lipinski definition) is 3. The number of aryl methyl sites for hydroxylation is 1. The van der Waals surface area contributed by atoms with E-state index >= 15 is 0 Å². The zero-order valence-corrected chi connectivity index (χ0v) is 15.1. The lowest BCUT2D eigenvalue weighted by molar-refractivity contribution is 0.0786. The third-order valence-electron chi connectivity index (χ3n) is 3.88. The van der Waals surface area contributed by atoms with Crippen molar-refractivity contribution in [3.05, 3.63) is 27.7 Å². The van der Waals surface area contributed by atoms with Gasteiger partial charge in [-0.3, -0.25) is 4.79 Å². The molecule has 1 aliphatic heterocycles. The molecule has 1 fully saturated rings. The van der Waals surface area contributed by atoms with Gasteiger partial charge in [0.25, 0.3) is 15.0 Å². The van der Waals surface area contributed by atoms with E-state index in [-0.39, 0.29) is 10.8 Å². The van der Waals surface area contributed by atoms with Crippen LogP contribution in [-0.2, 0) is 9.05 Å². The molecule has 1 unspecified atom stereocenters. The molecule has 0 saturated carbocycles. The Morgan fingerprint density at radius 3 is 2.67 bits per heavy atom. The topological polar surface area (TPSA) is 54.5 Å². The molecule has 21 heavy (non-hydrogen) atoms. The molecule has 0 spiro atoms. The fourth-order valence-corrected chi connectivity index (χ4v) is 4.73. The summed E-state index contributed by atoms with van der Waals surface area (Å²) in [5.74, 6) is 0.393. The molecule has 4 nitrogen and oxygen atoms in total. The molecular formula is C14H17BrClNO3S. The van der Waals surface area contributed by atoms with Gasteiger partial charge in [-0.25, -0.2) is 8.42 Å². The summed E-state index contributed by atoms with van der Waals surface area (Å²) >= 11 is 3.22. The maximum atomic E-state index is 12.5. The Morgan fingerprint density at radius 1 is 1.48 bits per heavy atom. The highest BCUT2D eigenvalue weighted by Crippen LogP contribution is 2.31. The quantitative estimate of drug-likeness (QED) is 0.737. The SMILES string of the molecule is CCC1CCN(C(=O)c2cc(C)c(Br)c(S(=O)(=O)Cl)c2)C1. The zero-order chi connectivity index (χ0) is 15.8. The van der Waals surface area contributed by atoms with E-state index in [1.54, 1.807) is 17.9 Å². The van der Waals surface area contributed by atoms with Crippen molar-refractivity contribution in [3.8, 4) is 0 Å². The third-order valence-corrected chi connectivity index (χ3v) is 6.54. The molecule has 0 aromatic heterocycles. The molecule has 1 aliphatic rings. The molecule has 1 aromatic carbocycles. The van der Waals surface area contributed by atoms with Crippen LogP contribution in [-0.4, -0.2) is 32.3 Å². The van der Waals surface area contributed by atoms with Crippen LogP contribution in [0.1, 0.15) is 35.7 Å². The van der Waals surface area contributed by atoms with Crippen LogP contribution in [0.25, 0.3) is 0 Å². The van der Waals surface area contributed by atoms with Gasteiger partial charge in [0.05, 0.1) is 4.90 Å². The van der Waals surface area contributed by atoms with Crippen molar-refractivity contribution in [2.24, 2.45) is 5.92 Å². The largest absolute Gasteiger partial charge is 0.338 e. The molecule has 1 heterocycles. The van der Waals surface area contributed by atoms with Gasteiger partial charge in [0, 0.05) is 33.8 Å². The molecule has 7 heteroatoms. The highest BCUT2D eigenvalue weighted by Gasteiger charge is 2.27. The maximum absolute atomic E-state index is 12.5. The average Bonchev–Trinajstić information content (AvgIpc) is 2.88. The summed E-state index contributed by atoms with van der Waals surface area (Å²) < 4.78 is 23.6. The van der Waals surface area contributed by atoms with E-state index < -0.39 is 9.05 Å². The van der Waals surface area contributed by atoms with Crippen LogP contribution in [0.2, 0.25) is 0 Å². The predicted molar refractivity (Wildman–Crippen MR) is 86.2 cm³/mol. The smallest absolute Gasteiger partial charge is 0.262 e. The summed E-state index contributed by atoms with van der Waals surface area (Å²) in [7, 11) is 1.54. The van der Waals surface area contributed by atoms with E-state index in [4.69, 9.17) is 10.7 Å². The number of likely N-dealkylation sites (tertiary alicyclic amines) is 1. The second-order valence-corrected chi connectivity index (χ2v) is 8.68. The molecule has 0 aliphatic carbocycles. The highest BCUT2D eigenvalue weighted by molar-refractivity contribution is 9.10. The normalized spacial score (nSPS) is 19.0. The van der Waals surface area contributed by atoms with E-state index in [9.17, 15) is 13.2 Å². The molecule has 2 rings (SSSR count). The first kappa shape index (κ1) is 16.8. The van der Waals surface area contributed by atoms with Gasteiger partial charge in [-0.2, -0.15) is 0 Å². The maximum Gasteiger partial charge on any atom is 0.262 e. The van der Waals surface area contributed by atoms with Crippen LogP contribution in [0, 0.1) is 12.8 Å². The average molecular weight is 395 g/mol. The first-order valence-electron chi connectivity index (χ1n) is 6.78. The Bertz CT molecular complexity index is 675. The molecule has 1 atom stereocenters. The van der Waals surface area contributed by atoms with Crippen molar-refractivity contribution in [1.29, 1.82) is 0 Å². The second kappa shape index (κ2) is 6.26. The van der Waals surface area contributed by atoms with Crippen LogP contribution in [0.4, 0.5) is 0 Å². The Hall–Kier alpha value is -0.590. The number of halogens is 2. The number of hydrogen-bond donors (Lipinski definition) is 0. The van der Waals surface area contributed by atoms with Gasteiger partial charge in [0.2, 0.25) is 0 Å². The minimum atomic E-state index is -3.90. The van der Waals surface area contributed by atoms with E-state index in [0.717, 1.165) is 25.9 Å². The van der Waals surface area contributed by atoms with E-state index in [1.807, 2.05) is 0 Å². The second-order valence-electron chi connectivity index (χ2n) is 5.36. The van der Waals surface area contributed by atoms with E-state index in [0.29, 0.717) is 21.5 Å². The van der Waals surface area contributed by atoms with Crippen LogP contribution in [0.5, 0.6) is 0 Å². The lowest BCUT2D eigenvalue weighted by Crippen LogP contribution is -2.28. The van der Waals surface area contributed by atoms with Crippen LogP contribution in [0.3, 0.4) is 0 Å². The predicted octanol–water partition coefficient (Wildman–Crippen LogP) is 3.56. The standard InChI is InChI=1S/C14H17BrClNO3S/c1-3-10-4-5-17(8-10)14(18)11-6-9(2)13(15)12(7-11)21(16,19)20/h6-7,10H,3-5,8H2,1-2H3. The Kier molecular flexibility index (Phi) is 5.00. The Balaban J connectivity index is 2.37. The summed E-state index contributed by atoms with van der Waals surface area (Å²) in [5.41, 5.74) is 1.04. The monoisotopic (exact) mass is 393 g/mol. The summed E-state index contributed by atoms with van der Waals surface area (Å²) in [6, 6.07) is 3.04. The minimum Gasteiger partial charge on any atom is -0.338 e. The van der Waals surface area contributed by atoms with Gasteiger partial charge < -0.3 is 4.90 Å². The molecular weight excluding hydrogens is 378 g/mol. The van der Waals surface area contributed by atoms with Crippen molar-refractivity contribution in [3.63, 3.8) is 0 Å². The number of carbonyl (C=O) groups excluding carboxylic acids is 1. The van der Waals surface area contributed by atoms with E-state index in [2.05, 4.69) is 22.9 Å². The summed E-state index contributed by atoms with van der Waals surface area (Å²) in [5, 5.41) is 0. The van der Waals surface area contributed by atoms with Gasteiger partial charge in [-0.1, -0.05) is 13.3 Å². The molecule has 116 valence electrons. The number of benzene rings is 1. The minimum absolute atomic E-state index is 0.0567. The van der Waals surface area contributed by atoms with Gasteiger partial charge in [0.1, 0.15) is 0 Å². The summed E-state index contributed by atoms with van der Waals surface area (Å²) in [6.45, 7) is 5.30. The van der Waals surface area contributed by atoms with Crippen LogP contribution < -0.4 is 0 Å². The van der Waals surface area contributed by atoms with E-state index in [1.165, 1.54) is 6.07 Å². The van der Waals surface area contributed by atoms with Gasteiger partial charge >= 0.3 is 0 Å². The fraction of sp³-hybridized carbons (Fsp3) is 0.500. The molecule has 0 N–H and O–H groups in total. The van der Waals surface area contributed by atoms with Gasteiger partial charge in [-0.05, 0) is 52.9 Å². The molecule has 1 aromatic rings. The summed E-state index contributed by atoms with van der Waals surface area (Å²) in [4.78, 5) is 14.2. The molecule has 0 bridgehead atoms.